The Bertz CT molecular complexity index is 492. The Labute approximate surface area is 105 Å². The average Bonchev–Trinajstić information content (AvgIpc) is 2.89. The molecule has 0 radical (unpaired) electrons. The van der Waals surface area contributed by atoms with Crippen LogP contribution in [0.4, 0.5) is 5.69 Å². The number of rotatable bonds is 5. The van der Waals surface area contributed by atoms with E-state index in [1.807, 2.05) is 24.3 Å². The number of hydrogen-bond donors (Lipinski definition) is 2. The van der Waals surface area contributed by atoms with E-state index in [0.29, 0.717) is 19.5 Å². The third-order valence-electron chi connectivity index (χ3n) is 2.51. The van der Waals surface area contributed by atoms with Crippen LogP contribution in [-0.4, -0.2) is 20.9 Å². The van der Waals surface area contributed by atoms with Crippen molar-refractivity contribution < 1.29 is 4.79 Å². The minimum absolute atomic E-state index is 0.0117. The summed E-state index contributed by atoms with van der Waals surface area (Å²) in [5, 5.41) is 10.3. The molecule has 6 heteroatoms. The first-order chi connectivity index (χ1) is 8.74. The summed E-state index contributed by atoms with van der Waals surface area (Å²) < 4.78 is 1.63. The van der Waals surface area contributed by atoms with E-state index in [-0.39, 0.29) is 5.91 Å². The molecule has 6 nitrogen and oxygen atoms in total. The normalized spacial score (nSPS) is 10.2. The zero-order chi connectivity index (χ0) is 12.8. The van der Waals surface area contributed by atoms with Gasteiger partial charge in [0.25, 0.3) is 0 Å². The molecule has 0 aliphatic carbocycles. The van der Waals surface area contributed by atoms with Crippen LogP contribution in [-0.2, 0) is 17.9 Å². The molecule has 0 bridgehead atoms. The highest BCUT2D eigenvalue weighted by molar-refractivity contribution is 5.75. The Morgan fingerprint density at radius 3 is 2.78 bits per heavy atom. The second-order valence-electron chi connectivity index (χ2n) is 3.93. The number of anilines is 1. The third kappa shape index (κ3) is 3.58. The zero-order valence-electron chi connectivity index (χ0n) is 9.91. The van der Waals surface area contributed by atoms with Gasteiger partial charge in [0.2, 0.25) is 5.91 Å². The Kier molecular flexibility index (Phi) is 3.90. The summed E-state index contributed by atoms with van der Waals surface area (Å²) in [6.07, 6.45) is 3.71. The summed E-state index contributed by atoms with van der Waals surface area (Å²) in [7, 11) is 0. The van der Waals surface area contributed by atoms with Crippen LogP contribution in [0.3, 0.4) is 0 Å². The van der Waals surface area contributed by atoms with Crippen molar-refractivity contribution in [2.24, 2.45) is 0 Å². The Morgan fingerprint density at radius 2 is 2.11 bits per heavy atom. The van der Waals surface area contributed by atoms with Gasteiger partial charge in [0.15, 0.2) is 0 Å². The molecule has 1 aromatic heterocycles. The summed E-state index contributed by atoms with van der Waals surface area (Å²) in [6.45, 7) is 1.05. The van der Waals surface area contributed by atoms with Crippen LogP contribution in [0.1, 0.15) is 12.0 Å². The van der Waals surface area contributed by atoms with Crippen molar-refractivity contribution in [1.29, 1.82) is 0 Å². The molecule has 0 unspecified atom stereocenters. The van der Waals surface area contributed by atoms with Gasteiger partial charge < -0.3 is 11.1 Å². The van der Waals surface area contributed by atoms with E-state index < -0.39 is 0 Å². The maximum absolute atomic E-state index is 11.6. The topological polar surface area (TPSA) is 85.8 Å². The van der Waals surface area contributed by atoms with E-state index in [1.54, 1.807) is 17.1 Å². The van der Waals surface area contributed by atoms with Crippen LogP contribution >= 0.6 is 0 Å². The quantitative estimate of drug-likeness (QED) is 0.754. The number of carbonyl (C=O) groups is 1. The van der Waals surface area contributed by atoms with Crippen LogP contribution in [0.5, 0.6) is 0 Å². The van der Waals surface area contributed by atoms with Crippen molar-refractivity contribution in [1.82, 2.24) is 20.3 Å². The minimum atomic E-state index is -0.0117. The second kappa shape index (κ2) is 5.81. The molecule has 0 saturated carbocycles. The highest BCUT2D eigenvalue weighted by Crippen LogP contribution is 2.04. The van der Waals surface area contributed by atoms with Crippen LogP contribution in [0.25, 0.3) is 0 Å². The van der Waals surface area contributed by atoms with Crippen molar-refractivity contribution in [2.75, 3.05) is 5.73 Å². The van der Waals surface area contributed by atoms with Crippen LogP contribution in [0.15, 0.2) is 36.7 Å². The van der Waals surface area contributed by atoms with Gasteiger partial charge in [-0.05, 0) is 17.7 Å². The van der Waals surface area contributed by atoms with Crippen LogP contribution < -0.4 is 11.1 Å². The minimum Gasteiger partial charge on any atom is -0.399 e. The fourth-order valence-electron chi connectivity index (χ4n) is 1.49. The highest BCUT2D eigenvalue weighted by Gasteiger charge is 2.02. The maximum Gasteiger partial charge on any atom is 0.222 e. The number of nitrogens with zero attached hydrogens (tertiary/aromatic N) is 3. The Morgan fingerprint density at radius 1 is 1.33 bits per heavy atom. The number of hydrogen-bond acceptors (Lipinski definition) is 4. The van der Waals surface area contributed by atoms with Crippen molar-refractivity contribution >= 4 is 11.6 Å². The van der Waals surface area contributed by atoms with E-state index in [1.165, 1.54) is 0 Å². The van der Waals surface area contributed by atoms with E-state index >= 15 is 0 Å². The highest BCUT2D eigenvalue weighted by atomic mass is 16.1. The summed E-state index contributed by atoms with van der Waals surface area (Å²) >= 11 is 0. The van der Waals surface area contributed by atoms with Gasteiger partial charge in [0, 0.05) is 24.8 Å². The molecule has 0 aliphatic heterocycles. The fourth-order valence-corrected chi connectivity index (χ4v) is 1.49. The summed E-state index contributed by atoms with van der Waals surface area (Å²) in [5.74, 6) is -0.0117. The average molecular weight is 245 g/mol. The molecule has 0 atom stereocenters. The summed E-state index contributed by atoms with van der Waals surface area (Å²) in [5.41, 5.74) is 7.33. The molecule has 3 N–H and O–H groups in total. The monoisotopic (exact) mass is 245 g/mol. The van der Waals surface area contributed by atoms with Crippen molar-refractivity contribution in [3.05, 3.63) is 42.2 Å². The second-order valence-corrected chi connectivity index (χ2v) is 3.93. The number of nitrogens with two attached hydrogens (primary N) is 1. The predicted molar refractivity (Wildman–Crippen MR) is 67.3 cm³/mol. The first-order valence-corrected chi connectivity index (χ1v) is 5.69. The molecule has 0 saturated heterocycles. The summed E-state index contributed by atoms with van der Waals surface area (Å²) in [6, 6.07) is 7.42. The lowest BCUT2D eigenvalue weighted by molar-refractivity contribution is -0.121. The number of nitrogens with one attached hydrogen (secondary N) is 1. The first kappa shape index (κ1) is 12.1. The molecule has 0 aliphatic rings. The molecular formula is C12H15N5O. The van der Waals surface area contributed by atoms with Crippen molar-refractivity contribution in [3.8, 4) is 0 Å². The molecule has 2 rings (SSSR count). The van der Waals surface area contributed by atoms with E-state index in [0.717, 1.165) is 11.3 Å². The maximum atomic E-state index is 11.6. The van der Waals surface area contributed by atoms with Crippen molar-refractivity contribution in [2.45, 2.75) is 19.5 Å². The first-order valence-electron chi connectivity index (χ1n) is 5.69. The predicted octanol–water partition coefficient (Wildman–Crippen LogP) is 0.567. The van der Waals surface area contributed by atoms with Gasteiger partial charge >= 0.3 is 0 Å². The van der Waals surface area contributed by atoms with Gasteiger partial charge in [-0.15, -0.1) is 5.10 Å². The number of aryl methyl sites for hydroxylation is 1. The molecule has 1 amide bonds. The fraction of sp³-hybridized carbons (Fsp3) is 0.250. The molecule has 0 spiro atoms. The van der Waals surface area contributed by atoms with Gasteiger partial charge in [-0.1, -0.05) is 17.3 Å². The lowest BCUT2D eigenvalue weighted by Crippen LogP contribution is -2.24. The number of nitrogen functional groups attached to an aromatic ring is 1. The SMILES string of the molecule is Nc1ccc(CNC(=O)CCn2ccnn2)cc1. The van der Waals surface area contributed by atoms with E-state index in [2.05, 4.69) is 15.6 Å². The molecule has 1 aromatic carbocycles. The smallest absolute Gasteiger partial charge is 0.222 e. The largest absolute Gasteiger partial charge is 0.399 e. The third-order valence-corrected chi connectivity index (χ3v) is 2.51. The molecule has 1 heterocycles. The summed E-state index contributed by atoms with van der Waals surface area (Å²) in [4.78, 5) is 11.6. The standard InChI is InChI=1S/C12H15N5O/c13-11-3-1-10(2-4-11)9-14-12(18)5-7-17-8-6-15-16-17/h1-4,6,8H,5,7,9,13H2,(H,14,18). The number of benzene rings is 1. The molecular weight excluding hydrogens is 230 g/mol. The van der Waals surface area contributed by atoms with Crippen LogP contribution in [0, 0.1) is 0 Å². The molecule has 0 fully saturated rings. The van der Waals surface area contributed by atoms with E-state index in [4.69, 9.17) is 5.73 Å². The molecule has 18 heavy (non-hydrogen) atoms. The zero-order valence-corrected chi connectivity index (χ0v) is 9.91. The van der Waals surface area contributed by atoms with Gasteiger partial charge in [-0.2, -0.15) is 0 Å². The van der Waals surface area contributed by atoms with Gasteiger partial charge in [0.1, 0.15) is 0 Å². The van der Waals surface area contributed by atoms with Crippen molar-refractivity contribution in [3.63, 3.8) is 0 Å². The van der Waals surface area contributed by atoms with Gasteiger partial charge in [-0.25, -0.2) is 0 Å². The Hall–Kier alpha value is -2.37. The Balaban J connectivity index is 1.73. The lowest BCUT2D eigenvalue weighted by Gasteiger charge is -2.05. The van der Waals surface area contributed by atoms with Crippen LogP contribution in [0.2, 0.25) is 0 Å². The lowest BCUT2D eigenvalue weighted by atomic mass is 10.2. The molecule has 94 valence electrons. The van der Waals surface area contributed by atoms with Gasteiger partial charge in [0.05, 0.1) is 12.7 Å². The van der Waals surface area contributed by atoms with E-state index in [9.17, 15) is 4.79 Å². The number of carbonyl (C=O) groups excluding carboxylic acids is 1. The number of amides is 1. The van der Waals surface area contributed by atoms with Gasteiger partial charge in [-0.3, -0.25) is 9.48 Å². The number of aromatic nitrogens is 3. The molecule has 2 aromatic rings.